The second kappa shape index (κ2) is 7.66. The Morgan fingerprint density at radius 3 is 2.72 bits per heavy atom. The second-order valence-electron chi connectivity index (χ2n) is 7.57. The minimum absolute atomic E-state index is 0.258. The zero-order valence-corrected chi connectivity index (χ0v) is 17.2. The fraction of sp³-hybridized carbons (Fsp3) is 0.261. The maximum Gasteiger partial charge on any atom is 0.160 e. The first-order chi connectivity index (χ1) is 14.3. The topological polar surface area (TPSA) is 57.4 Å². The molecule has 4 aliphatic rings. The van der Waals surface area contributed by atoms with Crippen LogP contribution in [0.15, 0.2) is 81.0 Å². The monoisotopic (exact) mass is 402 g/mol. The Morgan fingerprint density at radius 2 is 1.86 bits per heavy atom. The van der Waals surface area contributed by atoms with Gasteiger partial charge in [-0.15, -0.1) is 0 Å². The molecule has 0 amide bonds. The van der Waals surface area contributed by atoms with Crippen LogP contribution < -0.4 is 0 Å². The van der Waals surface area contributed by atoms with E-state index in [-0.39, 0.29) is 5.66 Å². The Kier molecular flexibility index (Phi) is 4.86. The lowest BCUT2D eigenvalue weighted by atomic mass is 9.92. The average molecular weight is 402 g/mol. The molecule has 1 aromatic rings. The number of allylic oxidation sites excluding steroid dienone is 4. The summed E-state index contributed by atoms with van der Waals surface area (Å²) in [6.45, 7) is 1.71. The highest BCUT2D eigenvalue weighted by Crippen LogP contribution is 2.47. The molecule has 0 radical (unpaired) electrons. The maximum atomic E-state index is 11.8. The molecular weight excluding hydrogens is 379 g/mol. The van der Waals surface area contributed by atoms with E-state index < -0.39 is 7.80 Å². The fourth-order valence-electron chi connectivity index (χ4n) is 4.14. The summed E-state index contributed by atoms with van der Waals surface area (Å²) >= 11 is 0. The molecule has 146 valence electrons. The predicted molar refractivity (Wildman–Crippen MR) is 122 cm³/mol. The quantitative estimate of drug-likeness (QED) is 0.668. The van der Waals surface area contributed by atoms with Gasteiger partial charge in [-0.2, -0.15) is 0 Å². The Balaban J connectivity index is 1.49. The molecule has 0 bridgehead atoms. The minimum Gasteiger partial charge on any atom is -0.327 e. The lowest BCUT2D eigenvalue weighted by molar-refractivity contribution is 0.202. The Bertz CT molecular complexity index is 1070. The molecule has 0 saturated carbocycles. The summed E-state index contributed by atoms with van der Waals surface area (Å²) in [5, 5.41) is 0. The largest absolute Gasteiger partial charge is 0.327 e. The van der Waals surface area contributed by atoms with Crippen LogP contribution >= 0.6 is 7.80 Å². The summed E-state index contributed by atoms with van der Waals surface area (Å²) in [4.78, 5) is 16.6. The van der Waals surface area contributed by atoms with Crippen molar-refractivity contribution in [3.63, 3.8) is 0 Å². The van der Waals surface area contributed by atoms with Gasteiger partial charge >= 0.3 is 0 Å². The molecule has 0 aromatic heterocycles. The van der Waals surface area contributed by atoms with Gasteiger partial charge in [0.1, 0.15) is 0 Å². The first kappa shape index (κ1) is 18.4. The highest BCUT2D eigenvalue weighted by Gasteiger charge is 2.55. The highest BCUT2D eigenvalue weighted by molar-refractivity contribution is 7.44. The van der Waals surface area contributed by atoms with Crippen molar-refractivity contribution in [2.45, 2.75) is 12.1 Å². The second-order valence-corrected chi connectivity index (χ2v) is 9.65. The maximum absolute atomic E-state index is 11.8. The van der Waals surface area contributed by atoms with Crippen molar-refractivity contribution in [3.8, 4) is 0 Å². The van der Waals surface area contributed by atoms with Gasteiger partial charge in [0.05, 0.1) is 19.2 Å². The summed E-state index contributed by atoms with van der Waals surface area (Å²) < 4.78 is 11.8. The van der Waals surface area contributed by atoms with Crippen LogP contribution in [0.5, 0.6) is 0 Å². The van der Waals surface area contributed by atoms with Crippen LogP contribution in [-0.2, 0) is 4.57 Å². The van der Waals surface area contributed by atoms with Crippen LogP contribution in [0, 0.1) is 0 Å². The summed E-state index contributed by atoms with van der Waals surface area (Å²) in [5.74, 6) is 0. The standard InChI is InChI=1S/C23H23N4OP/c28-29-14-12-27(13-15-29)23-10-9-21-20(22(23)26-23)17-24-16-19-8-4-3-7-18(19)6-2-1-5-11-25-21/h1-9,11,16-17,29H,10,12-15H2. The smallest absolute Gasteiger partial charge is 0.160 e. The van der Waals surface area contributed by atoms with Gasteiger partial charge in [-0.25, -0.2) is 0 Å². The minimum atomic E-state index is -1.39. The van der Waals surface area contributed by atoms with Gasteiger partial charge in [0.2, 0.25) is 0 Å². The first-order valence-electron chi connectivity index (χ1n) is 10.0. The fourth-order valence-corrected chi connectivity index (χ4v) is 5.43. The normalized spacial score (nSPS) is 26.7. The molecule has 3 aliphatic heterocycles. The zero-order chi connectivity index (χ0) is 19.7. The molecule has 0 N–H and O–H groups in total. The van der Waals surface area contributed by atoms with Crippen LogP contribution in [0.1, 0.15) is 17.5 Å². The molecule has 1 aromatic carbocycles. The summed E-state index contributed by atoms with van der Waals surface area (Å²) in [7, 11) is -1.39. The van der Waals surface area contributed by atoms with Crippen molar-refractivity contribution in [1.29, 1.82) is 0 Å². The van der Waals surface area contributed by atoms with Crippen LogP contribution in [0.4, 0.5) is 0 Å². The van der Waals surface area contributed by atoms with Crippen LogP contribution in [0.2, 0.25) is 0 Å². The average Bonchev–Trinajstić information content (AvgIpc) is 3.48. The third-order valence-electron chi connectivity index (χ3n) is 5.79. The van der Waals surface area contributed by atoms with Gasteiger partial charge in [0.25, 0.3) is 0 Å². The number of hydrogen-bond acceptors (Lipinski definition) is 5. The number of fused-ring (bicyclic) bond motifs is 4. The Morgan fingerprint density at radius 1 is 1.03 bits per heavy atom. The Hall–Kier alpha value is -2.62. The predicted octanol–water partition coefficient (Wildman–Crippen LogP) is 3.96. The summed E-state index contributed by atoms with van der Waals surface area (Å²) in [6.07, 6.45) is 18.2. The summed E-state index contributed by atoms with van der Waals surface area (Å²) in [5.41, 5.74) is 4.90. The number of rotatable bonds is 1. The van der Waals surface area contributed by atoms with E-state index in [9.17, 15) is 4.57 Å². The SMILES string of the molecule is O=[PH]1CCN(C23CC=C4N=CC=CC=Cc5ccccc5C=NC=C4C2=N3)CC1. The molecule has 1 fully saturated rings. The van der Waals surface area contributed by atoms with Gasteiger partial charge in [0.15, 0.2) is 5.66 Å². The van der Waals surface area contributed by atoms with Crippen LogP contribution in [-0.4, -0.2) is 54.1 Å². The molecule has 1 atom stereocenters. The highest BCUT2D eigenvalue weighted by atomic mass is 31.1. The van der Waals surface area contributed by atoms with E-state index in [2.05, 4.69) is 39.2 Å². The number of aliphatic imine (C=N–C) groups is 3. The van der Waals surface area contributed by atoms with Crippen molar-refractivity contribution in [1.82, 2.24) is 4.90 Å². The van der Waals surface area contributed by atoms with Crippen molar-refractivity contribution in [2.75, 3.05) is 25.4 Å². The van der Waals surface area contributed by atoms with E-state index in [1.807, 2.05) is 49.0 Å². The molecule has 0 spiro atoms. The summed E-state index contributed by atoms with van der Waals surface area (Å²) in [6, 6.07) is 8.19. The molecule has 1 unspecified atom stereocenters. The molecule has 29 heavy (non-hydrogen) atoms. The van der Waals surface area contributed by atoms with Crippen molar-refractivity contribution in [2.24, 2.45) is 15.0 Å². The molecule has 6 heteroatoms. The number of nitrogens with zero attached hydrogens (tertiary/aromatic N) is 4. The van der Waals surface area contributed by atoms with Crippen LogP contribution in [0.25, 0.3) is 6.08 Å². The zero-order valence-electron chi connectivity index (χ0n) is 16.2. The molecule has 3 heterocycles. The van der Waals surface area contributed by atoms with E-state index in [0.29, 0.717) is 0 Å². The van der Waals surface area contributed by atoms with Crippen molar-refractivity contribution in [3.05, 3.63) is 77.2 Å². The van der Waals surface area contributed by atoms with Gasteiger partial charge in [-0.05, 0) is 17.2 Å². The lowest BCUT2D eigenvalue weighted by Gasteiger charge is -2.35. The lowest BCUT2D eigenvalue weighted by Crippen LogP contribution is -2.48. The van der Waals surface area contributed by atoms with E-state index in [4.69, 9.17) is 4.99 Å². The molecule has 1 aliphatic carbocycles. The number of hydrogen-bond donors (Lipinski definition) is 0. The van der Waals surface area contributed by atoms with Crippen molar-refractivity contribution >= 4 is 32.0 Å². The molecule has 1 saturated heterocycles. The molecule has 5 nitrogen and oxygen atoms in total. The third kappa shape index (κ3) is 3.57. The van der Waals surface area contributed by atoms with Gasteiger partial charge < -0.3 is 4.57 Å². The van der Waals surface area contributed by atoms with E-state index in [1.54, 1.807) is 0 Å². The first-order valence-corrected chi connectivity index (χ1v) is 11.9. The van der Waals surface area contributed by atoms with Crippen molar-refractivity contribution < 1.29 is 4.57 Å². The van der Waals surface area contributed by atoms with Gasteiger partial charge in [0, 0.05) is 56.0 Å². The van der Waals surface area contributed by atoms with Crippen LogP contribution in [0.3, 0.4) is 0 Å². The Labute approximate surface area is 171 Å². The number of benzene rings is 1. The molecular formula is C23H23N4OP. The van der Waals surface area contributed by atoms with Gasteiger partial charge in [-0.1, -0.05) is 48.6 Å². The third-order valence-corrected chi connectivity index (χ3v) is 7.35. The van der Waals surface area contributed by atoms with E-state index in [1.165, 1.54) is 0 Å². The van der Waals surface area contributed by atoms with Gasteiger partial charge in [-0.3, -0.25) is 19.9 Å². The van der Waals surface area contributed by atoms with E-state index >= 15 is 0 Å². The molecule has 5 rings (SSSR count). The van der Waals surface area contributed by atoms with E-state index in [0.717, 1.165) is 59.9 Å².